The monoisotopic (exact) mass is 232 g/mol. The summed E-state index contributed by atoms with van der Waals surface area (Å²) in [5.41, 5.74) is 8.57. The topological polar surface area (TPSA) is 61.3 Å². The minimum atomic E-state index is 0.271. The van der Waals surface area contributed by atoms with Crippen molar-refractivity contribution in [1.82, 2.24) is 5.16 Å². The standard InChI is InChI=1S/C13H16N2O2/c1-8(2)12-11(13(14)17-15-12)9-4-6-10(16-3)7-5-9/h4-8H,14H2,1-3H3. The molecule has 2 rings (SSSR count). The fourth-order valence-electron chi connectivity index (χ4n) is 1.76. The maximum atomic E-state index is 5.82. The van der Waals surface area contributed by atoms with E-state index in [1.807, 2.05) is 24.3 Å². The maximum Gasteiger partial charge on any atom is 0.230 e. The van der Waals surface area contributed by atoms with Crippen LogP contribution in [0.2, 0.25) is 0 Å². The van der Waals surface area contributed by atoms with Crippen LogP contribution in [0, 0.1) is 0 Å². The number of hydrogen-bond acceptors (Lipinski definition) is 4. The van der Waals surface area contributed by atoms with Crippen LogP contribution in [0.25, 0.3) is 11.1 Å². The van der Waals surface area contributed by atoms with E-state index in [-0.39, 0.29) is 5.92 Å². The molecular formula is C13H16N2O2. The molecule has 0 aliphatic rings. The van der Waals surface area contributed by atoms with E-state index in [1.54, 1.807) is 7.11 Å². The molecule has 17 heavy (non-hydrogen) atoms. The first kappa shape index (κ1) is 11.5. The number of hydrogen-bond donors (Lipinski definition) is 1. The molecule has 4 heteroatoms. The highest BCUT2D eigenvalue weighted by molar-refractivity contribution is 5.75. The third kappa shape index (κ3) is 2.11. The number of nitrogens with zero attached hydrogens (tertiary/aromatic N) is 1. The van der Waals surface area contributed by atoms with Crippen molar-refractivity contribution >= 4 is 5.88 Å². The smallest absolute Gasteiger partial charge is 0.230 e. The molecule has 0 aliphatic carbocycles. The zero-order valence-corrected chi connectivity index (χ0v) is 10.2. The average Bonchev–Trinajstić information content (AvgIpc) is 2.71. The van der Waals surface area contributed by atoms with Crippen LogP contribution in [0.3, 0.4) is 0 Å². The average molecular weight is 232 g/mol. The molecule has 90 valence electrons. The molecule has 1 heterocycles. The van der Waals surface area contributed by atoms with Gasteiger partial charge in [0.15, 0.2) is 0 Å². The van der Waals surface area contributed by atoms with Crippen LogP contribution in [0.4, 0.5) is 5.88 Å². The van der Waals surface area contributed by atoms with Crippen molar-refractivity contribution in [1.29, 1.82) is 0 Å². The van der Waals surface area contributed by atoms with Gasteiger partial charge in [0.2, 0.25) is 5.88 Å². The largest absolute Gasteiger partial charge is 0.497 e. The van der Waals surface area contributed by atoms with Gasteiger partial charge in [-0.25, -0.2) is 0 Å². The van der Waals surface area contributed by atoms with Gasteiger partial charge in [-0.3, -0.25) is 0 Å². The van der Waals surface area contributed by atoms with Gasteiger partial charge in [0.05, 0.1) is 18.4 Å². The van der Waals surface area contributed by atoms with Crippen molar-refractivity contribution in [3.05, 3.63) is 30.0 Å². The molecule has 0 amide bonds. The quantitative estimate of drug-likeness (QED) is 0.883. The molecule has 0 fully saturated rings. The Morgan fingerprint density at radius 1 is 1.24 bits per heavy atom. The molecule has 0 atom stereocenters. The van der Waals surface area contributed by atoms with Gasteiger partial charge in [0, 0.05) is 0 Å². The summed E-state index contributed by atoms with van der Waals surface area (Å²) >= 11 is 0. The van der Waals surface area contributed by atoms with Gasteiger partial charge in [-0.05, 0) is 23.6 Å². The number of rotatable bonds is 3. The lowest BCUT2D eigenvalue weighted by Gasteiger charge is -2.06. The van der Waals surface area contributed by atoms with E-state index in [2.05, 4.69) is 19.0 Å². The van der Waals surface area contributed by atoms with Crippen LogP contribution < -0.4 is 10.5 Å². The summed E-state index contributed by atoms with van der Waals surface area (Å²) in [4.78, 5) is 0. The number of nitrogen functional groups attached to an aromatic ring is 1. The highest BCUT2D eigenvalue weighted by Crippen LogP contribution is 2.34. The van der Waals surface area contributed by atoms with Crippen molar-refractivity contribution in [3.63, 3.8) is 0 Å². The second-order valence-electron chi connectivity index (χ2n) is 4.19. The molecule has 0 saturated carbocycles. The molecular weight excluding hydrogens is 216 g/mol. The fourth-order valence-corrected chi connectivity index (χ4v) is 1.76. The van der Waals surface area contributed by atoms with Crippen molar-refractivity contribution in [3.8, 4) is 16.9 Å². The first-order valence-corrected chi connectivity index (χ1v) is 5.53. The van der Waals surface area contributed by atoms with E-state index in [0.717, 1.165) is 22.6 Å². The summed E-state index contributed by atoms with van der Waals surface area (Å²) in [5.74, 6) is 1.45. The number of ether oxygens (including phenoxy) is 1. The third-order valence-corrected chi connectivity index (χ3v) is 2.67. The number of anilines is 1. The molecule has 1 aromatic heterocycles. The maximum absolute atomic E-state index is 5.82. The zero-order valence-electron chi connectivity index (χ0n) is 10.2. The van der Waals surface area contributed by atoms with E-state index in [1.165, 1.54) is 0 Å². The van der Waals surface area contributed by atoms with Gasteiger partial charge in [-0.1, -0.05) is 31.1 Å². The molecule has 0 radical (unpaired) electrons. The Kier molecular flexibility index (Phi) is 3.04. The summed E-state index contributed by atoms with van der Waals surface area (Å²) in [5, 5.41) is 4.00. The number of nitrogens with two attached hydrogens (primary N) is 1. The summed E-state index contributed by atoms with van der Waals surface area (Å²) < 4.78 is 10.2. The van der Waals surface area contributed by atoms with Gasteiger partial charge in [-0.15, -0.1) is 0 Å². The molecule has 0 bridgehead atoms. The second kappa shape index (κ2) is 4.49. The lowest BCUT2D eigenvalue weighted by Crippen LogP contribution is -1.93. The Bertz CT molecular complexity index is 501. The molecule has 0 unspecified atom stereocenters. The van der Waals surface area contributed by atoms with E-state index < -0.39 is 0 Å². The Morgan fingerprint density at radius 3 is 2.41 bits per heavy atom. The number of benzene rings is 1. The Hall–Kier alpha value is -1.97. The number of aromatic nitrogens is 1. The van der Waals surface area contributed by atoms with Gasteiger partial charge in [0.25, 0.3) is 0 Å². The van der Waals surface area contributed by atoms with Gasteiger partial charge >= 0.3 is 0 Å². The first-order valence-electron chi connectivity index (χ1n) is 5.53. The normalized spacial score (nSPS) is 10.8. The van der Waals surface area contributed by atoms with Gasteiger partial charge in [0.1, 0.15) is 5.75 Å². The molecule has 0 spiro atoms. The Morgan fingerprint density at radius 2 is 1.88 bits per heavy atom. The minimum Gasteiger partial charge on any atom is -0.497 e. The van der Waals surface area contributed by atoms with Gasteiger partial charge in [-0.2, -0.15) is 0 Å². The van der Waals surface area contributed by atoms with Crippen LogP contribution in [0.5, 0.6) is 5.75 Å². The Labute approximate surface area is 100 Å². The molecule has 2 aromatic rings. The van der Waals surface area contributed by atoms with Crippen molar-refractivity contribution < 1.29 is 9.26 Å². The Balaban J connectivity index is 2.48. The lowest BCUT2D eigenvalue weighted by molar-refractivity contribution is 0.415. The predicted molar refractivity (Wildman–Crippen MR) is 67.0 cm³/mol. The molecule has 1 aromatic carbocycles. The second-order valence-corrected chi connectivity index (χ2v) is 4.19. The zero-order chi connectivity index (χ0) is 12.4. The van der Waals surface area contributed by atoms with Crippen molar-refractivity contribution in [2.75, 3.05) is 12.8 Å². The predicted octanol–water partition coefficient (Wildman–Crippen LogP) is 3.06. The van der Waals surface area contributed by atoms with E-state index in [0.29, 0.717) is 5.88 Å². The van der Waals surface area contributed by atoms with Crippen molar-refractivity contribution in [2.45, 2.75) is 19.8 Å². The molecule has 2 N–H and O–H groups in total. The van der Waals surface area contributed by atoms with Crippen LogP contribution in [0.1, 0.15) is 25.5 Å². The van der Waals surface area contributed by atoms with Crippen LogP contribution in [0.15, 0.2) is 28.8 Å². The highest BCUT2D eigenvalue weighted by atomic mass is 16.5. The summed E-state index contributed by atoms with van der Waals surface area (Å²) in [6, 6.07) is 7.69. The fraction of sp³-hybridized carbons (Fsp3) is 0.308. The minimum absolute atomic E-state index is 0.271. The number of methoxy groups -OCH3 is 1. The lowest BCUT2D eigenvalue weighted by atomic mass is 9.99. The summed E-state index contributed by atoms with van der Waals surface area (Å²) in [6.07, 6.45) is 0. The summed E-state index contributed by atoms with van der Waals surface area (Å²) in [6.45, 7) is 4.12. The summed E-state index contributed by atoms with van der Waals surface area (Å²) in [7, 11) is 1.64. The highest BCUT2D eigenvalue weighted by Gasteiger charge is 2.17. The van der Waals surface area contributed by atoms with E-state index in [4.69, 9.17) is 15.0 Å². The van der Waals surface area contributed by atoms with Crippen LogP contribution >= 0.6 is 0 Å². The SMILES string of the molecule is COc1ccc(-c2c(C(C)C)noc2N)cc1. The van der Waals surface area contributed by atoms with E-state index >= 15 is 0 Å². The molecule has 0 saturated heterocycles. The van der Waals surface area contributed by atoms with Crippen molar-refractivity contribution in [2.24, 2.45) is 0 Å². The van der Waals surface area contributed by atoms with Crippen LogP contribution in [-0.2, 0) is 0 Å². The van der Waals surface area contributed by atoms with E-state index in [9.17, 15) is 0 Å². The third-order valence-electron chi connectivity index (χ3n) is 2.67. The van der Waals surface area contributed by atoms with Crippen LogP contribution in [-0.4, -0.2) is 12.3 Å². The first-order chi connectivity index (χ1) is 8.13. The van der Waals surface area contributed by atoms with Gasteiger partial charge < -0.3 is 15.0 Å². The molecule has 0 aliphatic heterocycles. The molecule has 4 nitrogen and oxygen atoms in total.